The Hall–Kier alpha value is -1.09. The van der Waals surface area contributed by atoms with Gasteiger partial charge >= 0.3 is 0 Å². The molecule has 4 heteroatoms. The van der Waals surface area contributed by atoms with E-state index in [0.717, 1.165) is 6.07 Å². The van der Waals surface area contributed by atoms with Crippen LogP contribution >= 0.6 is 11.6 Å². The van der Waals surface area contributed by atoms with Crippen LogP contribution in [0.5, 0.6) is 5.75 Å². The van der Waals surface area contributed by atoms with Crippen LogP contribution in [0.1, 0.15) is 15.9 Å². The Kier molecular flexibility index (Phi) is 2.88. The van der Waals surface area contributed by atoms with Crippen LogP contribution in [0.4, 0.5) is 4.39 Å². The minimum atomic E-state index is -0.507. The van der Waals surface area contributed by atoms with Gasteiger partial charge in [-0.15, -0.1) is 0 Å². The molecule has 0 aliphatic carbocycles. The average Bonchev–Trinajstić information content (AvgIpc) is 2.10. The predicted molar refractivity (Wildman–Crippen MR) is 48.1 cm³/mol. The molecule has 0 saturated carbocycles. The summed E-state index contributed by atoms with van der Waals surface area (Å²) in [6.45, 7) is 1.50. The van der Waals surface area contributed by atoms with Gasteiger partial charge in [-0.05, 0) is 18.6 Å². The Bertz CT molecular complexity index is 350. The summed E-state index contributed by atoms with van der Waals surface area (Å²) in [5.41, 5.74) is 0.406. The Morgan fingerprint density at radius 2 is 2.23 bits per heavy atom. The van der Waals surface area contributed by atoms with Gasteiger partial charge < -0.3 is 4.74 Å². The SMILES string of the molecule is COc1c(Cl)cc(F)c(C)c1C=O. The molecule has 0 amide bonds. The van der Waals surface area contributed by atoms with Gasteiger partial charge in [0.2, 0.25) is 0 Å². The molecule has 1 rings (SSSR count). The molecule has 0 saturated heterocycles. The third kappa shape index (κ3) is 1.65. The monoisotopic (exact) mass is 202 g/mol. The van der Waals surface area contributed by atoms with Crippen molar-refractivity contribution in [1.29, 1.82) is 0 Å². The summed E-state index contributed by atoms with van der Waals surface area (Å²) in [6.07, 6.45) is 0.531. The van der Waals surface area contributed by atoms with Crippen LogP contribution in [-0.4, -0.2) is 13.4 Å². The first kappa shape index (κ1) is 9.99. The summed E-state index contributed by atoms with van der Waals surface area (Å²) < 4.78 is 17.9. The van der Waals surface area contributed by atoms with Crippen molar-refractivity contribution >= 4 is 17.9 Å². The van der Waals surface area contributed by atoms with Crippen LogP contribution in [0.25, 0.3) is 0 Å². The van der Waals surface area contributed by atoms with Gasteiger partial charge in [-0.2, -0.15) is 0 Å². The first-order valence-electron chi connectivity index (χ1n) is 3.59. The second kappa shape index (κ2) is 3.75. The van der Waals surface area contributed by atoms with E-state index >= 15 is 0 Å². The van der Waals surface area contributed by atoms with E-state index < -0.39 is 5.82 Å². The van der Waals surface area contributed by atoms with Gasteiger partial charge in [0, 0.05) is 0 Å². The number of ether oxygens (including phenoxy) is 1. The lowest BCUT2D eigenvalue weighted by atomic mass is 10.1. The maximum Gasteiger partial charge on any atom is 0.154 e. The van der Waals surface area contributed by atoms with Crippen molar-refractivity contribution in [2.24, 2.45) is 0 Å². The maximum atomic E-state index is 13.0. The van der Waals surface area contributed by atoms with Gasteiger partial charge in [0.05, 0.1) is 17.7 Å². The van der Waals surface area contributed by atoms with Gasteiger partial charge in [-0.25, -0.2) is 4.39 Å². The van der Waals surface area contributed by atoms with Gasteiger partial charge in [-0.1, -0.05) is 11.6 Å². The Labute approximate surface area is 80.3 Å². The highest BCUT2D eigenvalue weighted by Crippen LogP contribution is 2.31. The Morgan fingerprint density at radius 3 is 2.69 bits per heavy atom. The average molecular weight is 203 g/mol. The molecule has 0 bridgehead atoms. The molecule has 0 radical (unpaired) electrons. The van der Waals surface area contributed by atoms with E-state index in [9.17, 15) is 9.18 Å². The second-order valence-electron chi connectivity index (χ2n) is 2.53. The highest BCUT2D eigenvalue weighted by atomic mass is 35.5. The van der Waals surface area contributed by atoms with Crippen molar-refractivity contribution in [1.82, 2.24) is 0 Å². The van der Waals surface area contributed by atoms with Crippen LogP contribution in [0.15, 0.2) is 6.07 Å². The molecule has 0 unspecified atom stereocenters. The zero-order chi connectivity index (χ0) is 10.0. The summed E-state index contributed by atoms with van der Waals surface area (Å²) in [5.74, 6) is -0.288. The molecule has 1 aromatic carbocycles. The number of hydrogen-bond acceptors (Lipinski definition) is 2. The van der Waals surface area contributed by atoms with Gasteiger partial charge in [-0.3, -0.25) is 4.79 Å². The number of benzene rings is 1. The van der Waals surface area contributed by atoms with E-state index in [1.54, 1.807) is 0 Å². The lowest BCUT2D eigenvalue weighted by Crippen LogP contribution is -1.97. The fourth-order valence-corrected chi connectivity index (χ4v) is 1.34. The number of methoxy groups -OCH3 is 1. The Balaban J connectivity index is 3.50. The second-order valence-corrected chi connectivity index (χ2v) is 2.94. The quantitative estimate of drug-likeness (QED) is 0.689. The summed E-state index contributed by atoms with van der Waals surface area (Å²) >= 11 is 5.66. The highest BCUT2D eigenvalue weighted by Gasteiger charge is 2.14. The van der Waals surface area contributed by atoms with Crippen molar-refractivity contribution < 1.29 is 13.9 Å². The number of carbonyl (C=O) groups is 1. The zero-order valence-corrected chi connectivity index (χ0v) is 7.98. The molecular formula is C9H8ClFO2. The first-order valence-corrected chi connectivity index (χ1v) is 3.97. The van der Waals surface area contributed by atoms with Crippen molar-refractivity contribution in [3.05, 3.63) is 28.0 Å². The normalized spacial score (nSPS) is 9.85. The summed E-state index contributed by atoms with van der Waals surface area (Å²) in [6, 6.07) is 1.13. The van der Waals surface area contributed by atoms with E-state index in [1.165, 1.54) is 14.0 Å². The third-order valence-corrected chi connectivity index (χ3v) is 2.08. The van der Waals surface area contributed by atoms with Crippen molar-refractivity contribution in [2.45, 2.75) is 6.92 Å². The van der Waals surface area contributed by atoms with Crippen LogP contribution in [0, 0.1) is 12.7 Å². The molecule has 0 spiro atoms. The van der Waals surface area contributed by atoms with Crippen LogP contribution in [0.3, 0.4) is 0 Å². The van der Waals surface area contributed by atoms with Crippen LogP contribution < -0.4 is 4.74 Å². The largest absolute Gasteiger partial charge is 0.494 e. The van der Waals surface area contributed by atoms with Crippen molar-refractivity contribution in [3.8, 4) is 5.75 Å². The van der Waals surface area contributed by atoms with E-state index in [2.05, 4.69) is 0 Å². The lowest BCUT2D eigenvalue weighted by molar-refractivity contribution is 0.111. The molecule has 0 N–H and O–H groups in total. The molecule has 2 nitrogen and oxygen atoms in total. The molecule has 0 aliphatic heterocycles. The predicted octanol–water partition coefficient (Wildman–Crippen LogP) is 2.61. The van der Waals surface area contributed by atoms with E-state index in [4.69, 9.17) is 16.3 Å². The Morgan fingerprint density at radius 1 is 1.62 bits per heavy atom. The van der Waals surface area contributed by atoms with Crippen LogP contribution in [0.2, 0.25) is 5.02 Å². The molecule has 0 heterocycles. The van der Waals surface area contributed by atoms with Crippen LogP contribution in [-0.2, 0) is 0 Å². The van der Waals surface area contributed by atoms with Gasteiger partial charge in [0.1, 0.15) is 11.6 Å². The molecule has 0 aliphatic rings. The maximum absolute atomic E-state index is 13.0. The number of aldehydes is 1. The number of hydrogen-bond donors (Lipinski definition) is 0. The molecular weight excluding hydrogens is 195 g/mol. The number of carbonyl (C=O) groups excluding carboxylic acids is 1. The smallest absolute Gasteiger partial charge is 0.154 e. The first-order chi connectivity index (χ1) is 6.11. The van der Waals surface area contributed by atoms with E-state index in [0.29, 0.717) is 6.29 Å². The standard InChI is InChI=1S/C9H8ClFO2/c1-5-6(4-12)9(13-2)7(10)3-8(5)11/h3-4H,1-2H3. The molecule has 0 aromatic heterocycles. The molecule has 1 aromatic rings. The van der Waals surface area contributed by atoms with Crippen molar-refractivity contribution in [3.63, 3.8) is 0 Å². The topological polar surface area (TPSA) is 26.3 Å². The van der Waals surface area contributed by atoms with E-state index in [-0.39, 0.29) is 21.9 Å². The highest BCUT2D eigenvalue weighted by molar-refractivity contribution is 6.32. The number of rotatable bonds is 2. The number of halogens is 2. The summed E-state index contributed by atoms with van der Waals surface area (Å²) in [5, 5.41) is 0.104. The van der Waals surface area contributed by atoms with Crippen molar-refractivity contribution in [2.75, 3.05) is 7.11 Å². The fourth-order valence-electron chi connectivity index (χ4n) is 1.06. The van der Waals surface area contributed by atoms with E-state index in [1.807, 2.05) is 0 Å². The minimum absolute atomic E-state index is 0.104. The fraction of sp³-hybridized carbons (Fsp3) is 0.222. The third-order valence-electron chi connectivity index (χ3n) is 1.80. The summed E-state index contributed by atoms with van der Waals surface area (Å²) in [7, 11) is 1.38. The molecule has 0 fully saturated rings. The molecule has 13 heavy (non-hydrogen) atoms. The molecule has 0 atom stereocenters. The lowest BCUT2D eigenvalue weighted by Gasteiger charge is -2.08. The minimum Gasteiger partial charge on any atom is -0.494 e. The van der Waals surface area contributed by atoms with Gasteiger partial charge in [0.25, 0.3) is 0 Å². The van der Waals surface area contributed by atoms with Gasteiger partial charge in [0.15, 0.2) is 6.29 Å². The summed E-state index contributed by atoms with van der Waals surface area (Å²) in [4.78, 5) is 10.6. The zero-order valence-electron chi connectivity index (χ0n) is 7.23. The molecule has 70 valence electrons.